The number of hydrogen-bond acceptors (Lipinski definition) is 9. The van der Waals surface area contributed by atoms with Crippen molar-refractivity contribution in [1.82, 2.24) is 14.9 Å². The molecule has 2 atom stereocenters. The van der Waals surface area contributed by atoms with E-state index in [0.717, 1.165) is 23.5 Å². The first-order valence-electron chi connectivity index (χ1n) is 13.6. The molecule has 16 heteroatoms. The van der Waals surface area contributed by atoms with E-state index in [1.807, 2.05) is 0 Å². The van der Waals surface area contributed by atoms with Crippen LogP contribution in [-0.2, 0) is 29.1 Å². The first kappa shape index (κ1) is 32.6. The minimum absolute atomic E-state index is 0.00508. The molecule has 0 spiro atoms. The Morgan fingerprint density at radius 2 is 1.98 bits per heavy atom. The van der Waals surface area contributed by atoms with Crippen molar-refractivity contribution in [1.29, 1.82) is 0 Å². The number of piperidine rings is 1. The second kappa shape index (κ2) is 14.0. The Labute approximate surface area is 257 Å². The smallest absolute Gasteiger partial charge is 0.310 e. The van der Waals surface area contributed by atoms with Crippen LogP contribution < -0.4 is 19.7 Å². The van der Waals surface area contributed by atoms with Gasteiger partial charge in [-0.25, -0.2) is 12.8 Å². The number of sulfonamides is 1. The molecule has 4 rings (SSSR count). The molecule has 2 unspecified atom stereocenters. The predicted octanol–water partition coefficient (Wildman–Crippen LogP) is 2.55. The number of amides is 3. The van der Waals surface area contributed by atoms with Crippen molar-refractivity contribution in [3.05, 3.63) is 39.3 Å². The predicted molar refractivity (Wildman–Crippen MR) is 156 cm³/mol. The average Bonchev–Trinajstić information content (AvgIpc) is 3.64. The third kappa shape index (κ3) is 7.63. The maximum atomic E-state index is 14.9. The Hall–Kier alpha value is -3.27. The molecule has 2 fully saturated rings. The Morgan fingerprint density at radius 1 is 1.21 bits per heavy atom. The molecule has 3 heterocycles. The molecule has 2 aromatic rings. The number of anilines is 1. The van der Waals surface area contributed by atoms with Crippen molar-refractivity contribution in [2.75, 3.05) is 44.8 Å². The number of carbonyl (C=O) groups excluding carboxylic acids is 4. The van der Waals surface area contributed by atoms with E-state index >= 15 is 0 Å². The van der Waals surface area contributed by atoms with Crippen LogP contribution in [0.15, 0.2) is 29.2 Å². The lowest BCUT2D eigenvalue weighted by atomic mass is 10.1. The quantitative estimate of drug-likeness (QED) is 0.350. The number of halogens is 2. The van der Waals surface area contributed by atoms with Gasteiger partial charge in [-0.3, -0.25) is 19.2 Å². The first-order chi connectivity index (χ1) is 20.4. The number of likely N-dealkylation sites (tertiary alicyclic amines) is 1. The minimum atomic E-state index is -4.69. The molecule has 234 valence electrons. The molecule has 3 amide bonds. The zero-order valence-corrected chi connectivity index (χ0v) is 25.9. The first-order valence-corrected chi connectivity index (χ1v) is 16.3. The summed E-state index contributed by atoms with van der Waals surface area (Å²) >= 11 is 6.92. The highest BCUT2D eigenvalue weighted by Crippen LogP contribution is 2.38. The molecular formula is C27H32ClFN4O8S2. The summed E-state index contributed by atoms with van der Waals surface area (Å²) in [6.07, 6.45) is 1.82. The molecule has 12 nitrogen and oxygen atoms in total. The molecule has 2 aliphatic rings. The highest BCUT2D eigenvalue weighted by Gasteiger charge is 2.38. The standard InChI is InChI=1S/C27H32ClFN4O8S2/c1-3-41-27(37)16-9-11-32(15-16)26(36)18(14-30-25(35)20-7-8-22(28)42-20)31-43(38,39)21-13-17(29)12-19(24(21)40-2)33-10-5-4-6-23(33)34/h7-8,12-13,16,18,31H,3-6,9-11,14-15H2,1-2H3,(H,30,35). The van der Waals surface area contributed by atoms with Gasteiger partial charge in [-0.05, 0) is 44.4 Å². The second-order valence-corrected chi connectivity index (χ2v) is 13.4. The van der Waals surface area contributed by atoms with E-state index in [0.29, 0.717) is 23.6 Å². The van der Waals surface area contributed by atoms with Crippen LogP contribution in [0, 0.1) is 11.7 Å². The van der Waals surface area contributed by atoms with E-state index in [2.05, 4.69) is 10.0 Å². The van der Waals surface area contributed by atoms with E-state index in [1.165, 1.54) is 29.0 Å². The van der Waals surface area contributed by atoms with Crippen LogP contribution in [0.3, 0.4) is 0 Å². The van der Waals surface area contributed by atoms with Crippen molar-refractivity contribution >= 4 is 62.3 Å². The molecular weight excluding hydrogens is 627 g/mol. The number of benzene rings is 1. The van der Waals surface area contributed by atoms with Gasteiger partial charge in [0.15, 0.2) is 5.75 Å². The normalized spacial score (nSPS) is 18.0. The second-order valence-electron chi connectivity index (χ2n) is 9.97. The molecule has 0 aliphatic carbocycles. The number of ether oxygens (including phenoxy) is 2. The number of thiophene rings is 1. The van der Waals surface area contributed by atoms with Crippen LogP contribution >= 0.6 is 22.9 Å². The van der Waals surface area contributed by atoms with Crippen LogP contribution in [0.2, 0.25) is 4.34 Å². The highest BCUT2D eigenvalue weighted by atomic mass is 35.5. The Bertz CT molecular complexity index is 1500. The summed E-state index contributed by atoms with van der Waals surface area (Å²) in [6, 6.07) is 3.22. The van der Waals surface area contributed by atoms with E-state index in [9.17, 15) is 32.0 Å². The third-order valence-electron chi connectivity index (χ3n) is 7.09. The van der Waals surface area contributed by atoms with Crippen molar-refractivity contribution in [3.63, 3.8) is 0 Å². The monoisotopic (exact) mass is 658 g/mol. The number of methoxy groups -OCH3 is 1. The number of rotatable bonds is 11. The third-order valence-corrected chi connectivity index (χ3v) is 9.79. The summed E-state index contributed by atoms with van der Waals surface area (Å²) in [7, 11) is -3.49. The molecule has 1 aromatic carbocycles. The Morgan fingerprint density at radius 3 is 2.63 bits per heavy atom. The lowest BCUT2D eigenvalue weighted by molar-refractivity contribution is -0.147. The largest absolute Gasteiger partial charge is 0.493 e. The van der Waals surface area contributed by atoms with E-state index < -0.39 is 57.0 Å². The Balaban J connectivity index is 1.63. The lowest BCUT2D eigenvalue weighted by Gasteiger charge is -2.29. The zero-order chi connectivity index (χ0) is 31.3. The zero-order valence-electron chi connectivity index (χ0n) is 23.6. The molecule has 43 heavy (non-hydrogen) atoms. The van der Waals surface area contributed by atoms with Gasteiger partial charge in [0.1, 0.15) is 16.8 Å². The summed E-state index contributed by atoms with van der Waals surface area (Å²) in [6.45, 7) is 1.76. The number of esters is 1. The van der Waals surface area contributed by atoms with Crippen LogP contribution in [-0.4, -0.2) is 82.9 Å². The summed E-state index contributed by atoms with van der Waals surface area (Å²) in [5.74, 6) is -3.86. The summed E-state index contributed by atoms with van der Waals surface area (Å²) in [5.41, 5.74) is -0.0462. The van der Waals surface area contributed by atoms with Crippen LogP contribution in [0.4, 0.5) is 10.1 Å². The van der Waals surface area contributed by atoms with Gasteiger partial charge in [0.05, 0.1) is 34.5 Å². The van der Waals surface area contributed by atoms with Gasteiger partial charge >= 0.3 is 5.97 Å². The summed E-state index contributed by atoms with van der Waals surface area (Å²) in [4.78, 5) is 53.4. The fraction of sp³-hybridized carbons (Fsp3) is 0.481. The van der Waals surface area contributed by atoms with Gasteiger partial charge in [-0.2, -0.15) is 4.72 Å². The fourth-order valence-electron chi connectivity index (χ4n) is 5.00. The average molecular weight is 659 g/mol. The summed E-state index contributed by atoms with van der Waals surface area (Å²) in [5, 5.41) is 2.54. The molecule has 0 saturated carbocycles. The maximum Gasteiger partial charge on any atom is 0.310 e. The van der Waals surface area contributed by atoms with Crippen LogP contribution in [0.5, 0.6) is 5.75 Å². The molecule has 2 N–H and O–H groups in total. The maximum absolute atomic E-state index is 14.9. The molecule has 2 aliphatic heterocycles. The van der Waals surface area contributed by atoms with Gasteiger partial charge in [0.2, 0.25) is 21.8 Å². The Kier molecular flexibility index (Phi) is 10.6. The van der Waals surface area contributed by atoms with Crippen molar-refractivity contribution in [3.8, 4) is 5.75 Å². The van der Waals surface area contributed by atoms with Gasteiger partial charge < -0.3 is 24.6 Å². The van der Waals surface area contributed by atoms with E-state index in [-0.39, 0.29) is 54.9 Å². The number of nitrogens with zero attached hydrogens (tertiary/aromatic N) is 2. The molecule has 0 bridgehead atoms. The highest BCUT2D eigenvalue weighted by molar-refractivity contribution is 7.89. The van der Waals surface area contributed by atoms with Crippen LogP contribution in [0.25, 0.3) is 0 Å². The molecule has 0 radical (unpaired) electrons. The van der Waals surface area contributed by atoms with Gasteiger partial charge in [-0.1, -0.05) is 11.6 Å². The van der Waals surface area contributed by atoms with Gasteiger partial charge in [0.25, 0.3) is 5.91 Å². The topological polar surface area (TPSA) is 151 Å². The van der Waals surface area contributed by atoms with E-state index in [1.54, 1.807) is 6.92 Å². The molecule has 1 aromatic heterocycles. The minimum Gasteiger partial charge on any atom is -0.493 e. The van der Waals surface area contributed by atoms with Crippen molar-refractivity contribution < 1.29 is 41.5 Å². The van der Waals surface area contributed by atoms with Crippen molar-refractivity contribution in [2.24, 2.45) is 5.92 Å². The SMILES string of the molecule is CCOC(=O)C1CCN(C(=O)C(CNC(=O)c2ccc(Cl)s2)NS(=O)(=O)c2cc(F)cc(N3CCCCC3=O)c2OC)C1. The van der Waals surface area contributed by atoms with Gasteiger partial charge in [-0.15, -0.1) is 11.3 Å². The number of hydrogen-bond donors (Lipinski definition) is 2. The van der Waals surface area contributed by atoms with Crippen molar-refractivity contribution in [2.45, 2.75) is 43.5 Å². The van der Waals surface area contributed by atoms with Gasteiger partial charge in [0, 0.05) is 38.7 Å². The number of nitrogens with one attached hydrogen (secondary N) is 2. The lowest BCUT2D eigenvalue weighted by Crippen LogP contribution is -2.53. The molecule has 2 saturated heterocycles. The fourth-order valence-corrected chi connectivity index (χ4v) is 7.35. The van der Waals surface area contributed by atoms with E-state index in [4.69, 9.17) is 21.1 Å². The summed E-state index contributed by atoms with van der Waals surface area (Å²) < 4.78 is 55.4. The number of carbonyl (C=O) groups is 4. The van der Waals surface area contributed by atoms with Crippen LogP contribution in [0.1, 0.15) is 42.3 Å².